The molecule has 0 saturated carbocycles. The molecule has 1 aromatic heterocycles. The predicted octanol–water partition coefficient (Wildman–Crippen LogP) is 3.95. The number of hydrogen-bond donors (Lipinski definition) is 1. The smallest absolute Gasteiger partial charge is 0.124 e. The van der Waals surface area contributed by atoms with Gasteiger partial charge in [-0.05, 0) is 37.1 Å². The van der Waals surface area contributed by atoms with Crippen molar-refractivity contribution in [2.24, 2.45) is 0 Å². The van der Waals surface area contributed by atoms with Crippen LogP contribution < -0.4 is 5.32 Å². The molecule has 19 heavy (non-hydrogen) atoms. The molecule has 1 atom stereocenters. The Kier molecular flexibility index (Phi) is 3.82. The van der Waals surface area contributed by atoms with Crippen molar-refractivity contribution in [3.8, 4) is 0 Å². The lowest BCUT2D eigenvalue weighted by atomic mass is 10.1. The second-order valence-electron chi connectivity index (χ2n) is 4.73. The number of rotatable bonds is 3. The summed E-state index contributed by atoms with van der Waals surface area (Å²) in [6.07, 6.45) is 3.03. The van der Waals surface area contributed by atoms with Crippen LogP contribution in [0.5, 0.6) is 0 Å². The first-order valence-electron chi connectivity index (χ1n) is 6.34. The van der Waals surface area contributed by atoms with Gasteiger partial charge in [-0.25, -0.2) is 9.37 Å². The molecule has 0 spiro atoms. The third kappa shape index (κ3) is 2.96. The lowest BCUT2D eigenvalue weighted by molar-refractivity contribution is 0.626. The van der Waals surface area contributed by atoms with Crippen LogP contribution in [0, 0.1) is 5.82 Å². The third-order valence-electron chi connectivity index (χ3n) is 3.34. The Morgan fingerprint density at radius 3 is 3.11 bits per heavy atom. The Hall–Kier alpha value is -0.970. The molecule has 1 saturated heterocycles. The fourth-order valence-corrected chi connectivity index (χ4v) is 3.44. The number of thiazole rings is 1. The topological polar surface area (TPSA) is 24.9 Å². The quantitative estimate of drug-likeness (QED) is 0.927. The lowest BCUT2D eigenvalue weighted by Crippen LogP contribution is -2.13. The Morgan fingerprint density at radius 1 is 1.47 bits per heavy atom. The average molecular weight is 297 g/mol. The number of aromatic nitrogens is 1. The lowest BCUT2D eigenvalue weighted by Gasteiger charge is -2.05. The number of halogens is 2. The van der Waals surface area contributed by atoms with Gasteiger partial charge in [0.15, 0.2) is 0 Å². The van der Waals surface area contributed by atoms with E-state index in [1.54, 1.807) is 17.4 Å². The van der Waals surface area contributed by atoms with Gasteiger partial charge >= 0.3 is 0 Å². The van der Waals surface area contributed by atoms with E-state index in [9.17, 15) is 4.39 Å². The van der Waals surface area contributed by atoms with Crippen molar-refractivity contribution in [2.75, 3.05) is 6.54 Å². The molecule has 0 radical (unpaired) electrons. The van der Waals surface area contributed by atoms with Gasteiger partial charge in [-0.2, -0.15) is 0 Å². The first-order chi connectivity index (χ1) is 9.22. The molecule has 1 unspecified atom stereocenters. The van der Waals surface area contributed by atoms with Gasteiger partial charge in [-0.3, -0.25) is 0 Å². The van der Waals surface area contributed by atoms with Crippen LogP contribution in [0.15, 0.2) is 23.6 Å². The van der Waals surface area contributed by atoms with Crippen LogP contribution in [-0.2, 0) is 6.42 Å². The highest BCUT2D eigenvalue weighted by molar-refractivity contribution is 7.09. The summed E-state index contributed by atoms with van der Waals surface area (Å²) in [7, 11) is 0. The molecule has 2 aromatic rings. The molecule has 1 aliphatic rings. The summed E-state index contributed by atoms with van der Waals surface area (Å²) in [5.74, 6) is -0.302. The van der Waals surface area contributed by atoms with Crippen LogP contribution in [0.2, 0.25) is 5.02 Å². The van der Waals surface area contributed by atoms with E-state index in [1.807, 2.05) is 0 Å². The first-order valence-corrected chi connectivity index (χ1v) is 7.60. The van der Waals surface area contributed by atoms with Crippen molar-refractivity contribution in [3.05, 3.63) is 50.7 Å². The van der Waals surface area contributed by atoms with Gasteiger partial charge in [0.2, 0.25) is 0 Å². The molecule has 1 fully saturated rings. The Balaban J connectivity index is 1.76. The second kappa shape index (κ2) is 5.57. The summed E-state index contributed by atoms with van der Waals surface area (Å²) >= 11 is 7.68. The third-order valence-corrected chi connectivity index (χ3v) is 4.56. The maximum absolute atomic E-state index is 13.0. The monoisotopic (exact) mass is 296 g/mol. The number of hydrogen-bond acceptors (Lipinski definition) is 3. The zero-order valence-corrected chi connectivity index (χ0v) is 11.9. The van der Waals surface area contributed by atoms with E-state index in [2.05, 4.69) is 15.7 Å². The van der Waals surface area contributed by atoms with Crippen molar-refractivity contribution < 1.29 is 4.39 Å². The van der Waals surface area contributed by atoms with Gasteiger partial charge in [0.25, 0.3) is 0 Å². The zero-order chi connectivity index (χ0) is 13.2. The summed E-state index contributed by atoms with van der Waals surface area (Å²) < 4.78 is 13.0. The minimum absolute atomic E-state index is 0.302. The normalized spacial score (nSPS) is 18.9. The summed E-state index contributed by atoms with van der Waals surface area (Å²) in [5, 5.41) is 7.04. The Bertz CT molecular complexity index is 579. The van der Waals surface area contributed by atoms with Crippen LogP contribution in [0.4, 0.5) is 4.39 Å². The van der Waals surface area contributed by atoms with Crippen LogP contribution in [0.1, 0.15) is 35.1 Å². The molecule has 1 aromatic carbocycles. The van der Waals surface area contributed by atoms with Gasteiger partial charge in [0.1, 0.15) is 5.82 Å². The maximum atomic E-state index is 13.0. The molecule has 2 heterocycles. The van der Waals surface area contributed by atoms with Crippen LogP contribution in [0.3, 0.4) is 0 Å². The van der Waals surface area contributed by atoms with Crippen LogP contribution in [0.25, 0.3) is 0 Å². The molecule has 100 valence electrons. The van der Waals surface area contributed by atoms with Gasteiger partial charge in [0.05, 0.1) is 16.7 Å². The van der Waals surface area contributed by atoms with E-state index >= 15 is 0 Å². The molecule has 1 N–H and O–H groups in total. The van der Waals surface area contributed by atoms with Gasteiger partial charge in [-0.15, -0.1) is 11.3 Å². The summed E-state index contributed by atoms with van der Waals surface area (Å²) in [5.41, 5.74) is 2.04. The maximum Gasteiger partial charge on any atom is 0.124 e. The molecular formula is C14H14ClFN2S. The highest BCUT2D eigenvalue weighted by Gasteiger charge is 2.19. The number of nitrogens with zero attached hydrogens (tertiary/aromatic N) is 1. The summed E-state index contributed by atoms with van der Waals surface area (Å²) in [6, 6.07) is 4.92. The fourth-order valence-electron chi connectivity index (χ4n) is 2.33. The van der Waals surface area contributed by atoms with E-state index in [0.29, 0.717) is 17.5 Å². The highest BCUT2D eigenvalue weighted by Crippen LogP contribution is 2.27. The largest absolute Gasteiger partial charge is 0.309 e. The van der Waals surface area contributed by atoms with Crippen molar-refractivity contribution in [1.29, 1.82) is 0 Å². The molecule has 0 amide bonds. The molecule has 1 aliphatic heterocycles. The molecule has 0 aliphatic carbocycles. The van der Waals surface area contributed by atoms with Crippen LogP contribution >= 0.6 is 22.9 Å². The zero-order valence-electron chi connectivity index (χ0n) is 10.3. The number of nitrogens with one attached hydrogen (secondary N) is 1. The van der Waals surface area contributed by atoms with Crippen LogP contribution in [-0.4, -0.2) is 11.5 Å². The molecule has 2 nitrogen and oxygen atoms in total. The first kappa shape index (κ1) is 13.0. The Morgan fingerprint density at radius 2 is 2.37 bits per heavy atom. The van der Waals surface area contributed by atoms with E-state index < -0.39 is 0 Å². The van der Waals surface area contributed by atoms with Crippen molar-refractivity contribution in [1.82, 2.24) is 10.3 Å². The van der Waals surface area contributed by atoms with Crippen molar-refractivity contribution >= 4 is 22.9 Å². The average Bonchev–Trinajstić information content (AvgIpc) is 3.03. The second-order valence-corrected chi connectivity index (χ2v) is 6.08. The van der Waals surface area contributed by atoms with E-state index in [-0.39, 0.29) is 5.82 Å². The highest BCUT2D eigenvalue weighted by atomic mass is 35.5. The summed E-state index contributed by atoms with van der Waals surface area (Å²) in [4.78, 5) is 4.65. The van der Waals surface area contributed by atoms with E-state index in [1.165, 1.54) is 18.6 Å². The van der Waals surface area contributed by atoms with Crippen molar-refractivity contribution in [2.45, 2.75) is 25.3 Å². The minimum Gasteiger partial charge on any atom is -0.309 e. The minimum atomic E-state index is -0.302. The van der Waals surface area contributed by atoms with Gasteiger partial charge in [0, 0.05) is 16.8 Å². The fraction of sp³-hybridized carbons (Fsp3) is 0.357. The molecule has 5 heteroatoms. The summed E-state index contributed by atoms with van der Waals surface area (Å²) in [6.45, 7) is 1.07. The predicted molar refractivity (Wildman–Crippen MR) is 76.3 cm³/mol. The standard InChI is InChI=1S/C14H14ClFN2S/c15-11-7-10(16)4-3-9(11)6-14-18-13(8-19-14)12-2-1-5-17-12/h3-4,7-8,12,17H,1-2,5-6H2. The van der Waals surface area contributed by atoms with Crippen molar-refractivity contribution in [3.63, 3.8) is 0 Å². The SMILES string of the molecule is Fc1ccc(Cc2nc(C3CCCN3)cs2)c(Cl)c1. The molecule has 3 rings (SSSR count). The van der Waals surface area contributed by atoms with E-state index in [4.69, 9.17) is 11.6 Å². The molecular weight excluding hydrogens is 283 g/mol. The Labute approximate surface area is 120 Å². The van der Waals surface area contributed by atoms with Gasteiger partial charge in [-0.1, -0.05) is 17.7 Å². The van der Waals surface area contributed by atoms with E-state index in [0.717, 1.165) is 29.2 Å². The van der Waals surface area contributed by atoms with Gasteiger partial charge < -0.3 is 5.32 Å². The molecule has 0 bridgehead atoms. The number of benzene rings is 1.